The number of carbonyl (C=O) groups excluding carboxylic acids is 4. The molecule has 4 rings (SSSR count). The van der Waals surface area contributed by atoms with Gasteiger partial charge in [0, 0.05) is 59.5 Å². The number of ether oxygens (including phenoxy) is 2. The minimum atomic E-state index is -0.574. The molecule has 0 N–H and O–H groups in total. The summed E-state index contributed by atoms with van der Waals surface area (Å²) in [5.41, 5.74) is -0.535. The lowest BCUT2D eigenvalue weighted by atomic mass is 9.42. The molecule has 40 heavy (non-hydrogen) atoms. The average Bonchev–Trinajstić information content (AvgIpc) is 3.13. The van der Waals surface area contributed by atoms with Crippen molar-refractivity contribution in [2.75, 3.05) is 6.61 Å². The Balaban J connectivity index is 1.80. The van der Waals surface area contributed by atoms with Crippen LogP contribution in [0.25, 0.3) is 0 Å². The molecule has 0 aliphatic heterocycles. The third kappa shape index (κ3) is 4.79. The van der Waals surface area contributed by atoms with Crippen molar-refractivity contribution in [3.8, 4) is 0 Å². The monoisotopic (exact) mass is 556 g/mol. The van der Waals surface area contributed by atoms with Gasteiger partial charge in [-0.05, 0) is 49.4 Å². The minimum absolute atomic E-state index is 0.0585. The molecule has 0 aromatic heterocycles. The van der Waals surface area contributed by atoms with E-state index in [0.717, 1.165) is 36.8 Å². The second-order valence-electron chi connectivity index (χ2n) is 15.1. The van der Waals surface area contributed by atoms with Crippen LogP contribution in [0.15, 0.2) is 11.1 Å². The Morgan fingerprint density at radius 1 is 0.900 bits per heavy atom. The van der Waals surface area contributed by atoms with Crippen LogP contribution in [0.5, 0.6) is 0 Å². The van der Waals surface area contributed by atoms with E-state index in [1.54, 1.807) is 0 Å². The van der Waals surface area contributed by atoms with Crippen LogP contribution in [-0.2, 0) is 28.7 Å². The second kappa shape index (κ2) is 10.7. The molecule has 0 bridgehead atoms. The summed E-state index contributed by atoms with van der Waals surface area (Å²) in [6.45, 7) is 18.4. The van der Waals surface area contributed by atoms with Gasteiger partial charge in [-0.1, -0.05) is 67.7 Å². The Morgan fingerprint density at radius 3 is 2.17 bits per heavy atom. The van der Waals surface area contributed by atoms with Gasteiger partial charge >= 0.3 is 11.9 Å². The van der Waals surface area contributed by atoms with Gasteiger partial charge in [0.25, 0.3) is 0 Å². The lowest BCUT2D eigenvalue weighted by Gasteiger charge is -2.61. The first-order valence-corrected chi connectivity index (χ1v) is 15.6. The van der Waals surface area contributed by atoms with Crippen molar-refractivity contribution in [1.29, 1.82) is 0 Å². The quantitative estimate of drug-likeness (QED) is 0.298. The van der Waals surface area contributed by atoms with E-state index in [1.807, 2.05) is 0 Å². The van der Waals surface area contributed by atoms with Crippen molar-refractivity contribution in [1.82, 2.24) is 0 Å². The summed E-state index contributed by atoms with van der Waals surface area (Å²) in [5.74, 6) is 0.601. The van der Waals surface area contributed by atoms with E-state index >= 15 is 0 Å². The normalized spacial score (nSPS) is 37.5. The molecule has 6 nitrogen and oxygen atoms in total. The highest BCUT2D eigenvalue weighted by molar-refractivity contribution is 6.11. The highest BCUT2D eigenvalue weighted by atomic mass is 16.5. The summed E-state index contributed by atoms with van der Waals surface area (Å²) >= 11 is 0. The molecule has 0 aromatic carbocycles. The standard InChI is InChI=1S/C34H52O6/c1-20(2)11-10-12-21(3)24-13-16-33(9)30-25(37)17-27-31(6,7)28(40-23(5)36)14-15-32(27,8)29(30)26(38)18-34(24,33)19-39-22(4)35/h20-21,24,27-28H,10-19H2,1-9H3/t21-,24-,27+,28?,32+,33+,34+/m1/s1. The van der Waals surface area contributed by atoms with Crippen LogP contribution >= 0.6 is 0 Å². The van der Waals surface area contributed by atoms with E-state index in [4.69, 9.17) is 9.47 Å². The van der Waals surface area contributed by atoms with E-state index < -0.39 is 21.7 Å². The number of fused-ring (bicyclic) bond motifs is 4. The molecule has 224 valence electrons. The van der Waals surface area contributed by atoms with Crippen molar-refractivity contribution < 1.29 is 28.7 Å². The Bertz CT molecular complexity index is 1100. The van der Waals surface area contributed by atoms with Crippen LogP contribution in [0, 0.1) is 45.3 Å². The Morgan fingerprint density at radius 2 is 1.57 bits per heavy atom. The van der Waals surface area contributed by atoms with Crippen molar-refractivity contribution in [2.24, 2.45) is 45.3 Å². The number of hydrogen-bond acceptors (Lipinski definition) is 6. The Hall–Kier alpha value is -1.98. The van der Waals surface area contributed by atoms with Crippen LogP contribution in [0.1, 0.15) is 120 Å². The zero-order valence-corrected chi connectivity index (χ0v) is 26.4. The number of rotatable bonds is 8. The molecular weight excluding hydrogens is 504 g/mol. The zero-order chi connectivity index (χ0) is 29.8. The molecule has 7 atom stereocenters. The molecule has 2 saturated carbocycles. The molecule has 1 unspecified atom stereocenters. The first-order chi connectivity index (χ1) is 18.5. The van der Waals surface area contributed by atoms with Crippen molar-refractivity contribution in [3.05, 3.63) is 11.1 Å². The lowest BCUT2D eigenvalue weighted by molar-refractivity contribution is -0.170. The van der Waals surface area contributed by atoms with Crippen LogP contribution in [0.2, 0.25) is 0 Å². The fourth-order valence-corrected chi connectivity index (χ4v) is 9.86. The molecule has 2 fully saturated rings. The maximum Gasteiger partial charge on any atom is 0.302 e. The van der Waals surface area contributed by atoms with Gasteiger partial charge in [0.2, 0.25) is 0 Å². The third-order valence-corrected chi connectivity index (χ3v) is 12.0. The third-order valence-electron chi connectivity index (χ3n) is 12.0. The summed E-state index contributed by atoms with van der Waals surface area (Å²) in [6.07, 6.45) is 6.89. The highest BCUT2D eigenvalue weighted by Gasteiger charge is 2.69. The molecule has 0 radical (unpaired) electrons. The van der Waals surface area contributed by atoms with Crippen molar-refractivity contribution >= 4 is 23.5 Å². The predicted molar refractivity (Wildman–Crippen MR) is 154 cm³/mol. The van der Waals surface area contributed by atoms with Gasteiger partial charge in [-0.2, -0.15) is 0 Å². The molecule has 0 saturated heterocycles. The van der Waals surface area contributed by atoms with Crippen LogP contribution in [-0.4, -0.2) is 36.2 Å². The van der Waals surface area contributed by atoms with Gasteiger partial charge in [-0.15, -0.1) is 0 Å². The zero-order valence-electron chi connectivity index (χ0n) is 26.4. The predicted octanol–water partition coefficient (Wildman–Crippen LogP) is 7.03. The maximum atomic E-state index is 14.5. The van der Waals surface area contributed by atoms with E-state index in [9.17, 15) is 19.2 Å². The van der Waals surface area contributed by atoms with Gasteiger partial charge in [0.15, 0.2) is 11.6 Å². The molecular formula is C34H52O6. The Labute approximate surface area is 241 Å². The van der Waals surface area contributed by atoms with Gasteiger partial charge < -0.3 is 9.47 Å². The fraction of sp³-hybridized carbons (Fsp3) is 0.824. The molecule has 4 aliphatic rings. The first kappa shape index (κ1) is 31.0. The smallest absolute Gasteiger partial charge is 0.302 e. The van der Waals surface area contributed by atoms with Crippen LogP contribution in [0.3, 0.4) is 0 Å². The number of hydrogen-bond donors (Lipinski definition) is 0. The molecule has 6 heteroatoms. The van der Waals surface area contributed by atoms with Crippen molar-refractivity contribution in [2.45, 2.75) is 126 Å². The molecule has 0 heterocycles. The van der Waals surface area contributed by atoms with Crippen molar-refractivity contribution in [3.63, 3.8) is 0 Å². The number of allylic oxidation sites excluding steroid dienone is 2. The lowest BCUT2D eigenvalue weighted by Crippen LogP contribution is -2.60. The second-order valence-corrected chi connectivity index (χ2v) is 15.1. The summed E-state index contributed by atoms with van der Waals surface area (Å²) in [6, 6.07) is 0. The SMILES string of the molecule is CC(=O)OC[C@]12CC(=O)C3=C(C(=O)C[C@H]4C(C)(C)C(OC(C)=O)CC[C@]34C)[C@]1(C)CC[C@@H]2[C@H](C)CCCC(C)C. The highest BCUT2D eigenvalue weighted by Crippen LogP contribution is 2.71. The van der Waals surface area contributed by atoms with E-state index in [0.29, 0.717) is 37.5 Å². The molecule has 4 aliphatic carbocycles. The summed E-state index contributed by atoms with van der Waals surface area (Å²) in [4.78, 5) is 52.8. The number of esters is 2. The fourth-order valence-electron chi connectivity index (χ4n) is 9.86. The Kier molecular flexibility index (Phi) is 8.28. The number of carbonyl (C=O) groups is 4. The van der Waals surface area contributed by atoms with Gasteiger partial charge in [-0.3, -0.25) is 19.2 Å². The number of Topliss-reactive ketones (excluding diaryl/α,β-unsaturated/α-hetero) is 2. The van der Waals surface area contributed by atoms with E-state index in [-0.39, 0.29) is 48.1 Å². The summed E-state index contributed by atoms with van der Waals surface area (Å²) in [7, 11) is 0. The summed E-state index contributed by atoms with van der Waals surface area (Å²) in [5, 5.41) is 0. The largest absolute Gasteiger partial charge is 0.465 e. The van der Waals surface area contributed by atoms with E-state index in [2.05, 4.69) is 48.5 Å². The minimum Gasteiger partial charge on any atom is -0.465 e. The van der Waals surface area contributed by atoms with Gasteiger partial charge in [-0.25, -0.2) is 0 Å². The van der Waals surface area contributed by atoms with E-state index in [1.165, 1.54) is 20.3 Å². The molecule has 0 amide bonds. The number of ketones is 2. The first-order valence-electron chi connectivity index (χ1n) is 15.6. The maximum absolute atomic E-state index is 14.5. The molecule has 0 spiro atoms. The molecule has 0 aromatic rings. The van der Waals surface area contributed by atoms with Crippen LogP contribution in [0.4, 0.5) is 0 Å². The van der Waals surface area contributed by atoms with Gasteiger partial charge in [0.1, 0.15) is 6.10 Å². The van der Waals surface area contributed by atoms with Crippen LogP contribution < -0.4 is 0 Å². The van der Waals surface area contributed by atoms with Gasteiger partial charge in [0.05, 0.1) is 6.61 Å². The topological polar surface area (TPSA) is 86.7 Å². The average molecular weight is 557 g/mol. The summed E-state index contributed by atoms with van der Waals surface area (Å²) < 4.78 is 11.5.